The summed E-state index contributed by atoms with van der Waals surface area (Å²) in [5.74, 6) is 1.23. The zero-order chi connectivity index (χ0) is 19.2. The lowest BCUT2D eigenvalue weighted by Crippen LogP contribution is -2.22. The Morgan fingerprint density at radius 2 is 2.04 bits per heavy atom. The van der Waals surface area contributed by atoms with Crippen molar-refractivity contribution in [3.05, 3.63) is 35.0 Å². The summed E-state index contributed by atoms with van der Waals surface area (Å²) < 4.78 is 31.6. The van der Waals surface area contributed by atoms with Crippen LogP contribution in [0.15, 0.2) is 29.4 Å². The molecular weight excluding hydrogens is 384 g/mol. The lowest BCUT2D eigenvalue weighted by Gasteiger charge is -2.16. The van der Waals surface area contributed by atoms with E-state index in [1.54, 1.807) is 30.6 Å². The molecule has 9 heteroatoms. The van der Waals surface area contributed by atoms with Crippen molar-refractivity contribution in [1.29, 1.82) is 0 Å². The second-order valence-electron chi connectivity index (χ2n) is 6.53. The second kappa shape index (κ2) is 6.74. The van der Waals surface area contributed by atoms with Gasteiger partial charge in [-0.05, 0) is 43.0 Å². The Bertz CT molecular complexity index is 1120. The molecule has 0 saturated carbocycles. The summed E-state index contributed by atoms with van der Waals surface area (Å²) in [7, 11) is 1.02. The fraction of sp³-hybridized carbons (Fsp3) is 0.333. The largest absolute Gasteiger partial charge is 0.495 e. The lowest BCUT2D eigenvalue weighted by atomic mass is 10.2. The van der Waals surface area contributed by atoms with Crippen molar-refractivity contribution in [3.8, 4) is 5.75 Å². The van der Waals surface area contributed by atoms with Gasteiger partial charge in [-0.1, -0.05) is 0 Å². The van der Waals surface area contributed by atoms with E-state index in [1.165, 1.54) is 41.2 Å². The molecule has 3 aromatic rings. The van der Waals surface area contributed by atoms with Crippen molar-refractivity contribution in [3.63, 3.8) is 0 Å². The molecule has 0 amide bonds. The number of aromatic nitrogens is 2. The maximum Gasteiger partial charge on any atom is 0.242 e. The summed E-state index contributed by atoms with van der Waals surface area (Å²) in [6.07, 6.45) is 4.77. The zero-order valence-corrected chi connectivity index (χ0v) is 16.9. The van der Waals surface area contributed by atoms with Gasteiger partial charge in [0, 0.05) is 19.0 Å². The number of thiophene rings is 1. The van der Waals surface area contributed by atoms with Crippen LogP contribution in [0.4, 0.5) is 11.5 Å². The SMILES string of the molecule is COc1ccc(S(=O)(=O)N(C)C)cc1Nc1ncnc2sc3c(c12)CCC3. The van der Waals surface area contributed by atoms with Crippen LogP contribution in [0, 0.1) is 0 Å². The molecule has 4 rings (SSSR count). The summed E-state index contributed by atoms with van der Waals surface area (Å²) in [6, 6.07) is 4.76. The Balaban J connectivity index is 1.82. The van der Waals surface area contributed by atoms with Crippen LogP contribution in [-0.2, 0) is 22.9 Å². The average Bonchev–Trinajstić information content (AvgIpc) is 3.22. The Morgan fingerprint density at radius 1 is 1.22 bits per heavy atom. The quantitative estimate of drug-likeness (QED) is 0.703. The monoisotopic (exact) mass is 404 g/mol. The molecule has 0 unspecified atom stereocenters. The van der Waals surface area contributed by atoms with Crippen molar-refractivity contribution < 1.29 is 13.2 Å². The minimum atomic E-state index is -3.55. The number of nitrogens with one attached hydrogen (secondary N) is 1. The van der Waals surface area contributed by atoms with Crippen molar-refractivity contribution in [2.24, 2.45) is 0 Å². The van der Waals surface area contributed by atoms with Crippen molar-refractivity contribution in [2.45, 2.75) is 24.2 Å². The van der Waals surface area contributed by atoms with Crippen LogP contribution in [0.2, 0.25) is 0 Å². The molecule has 0 saturated heterocycles. The molecule has 0 radical (unpaired) electrons. The third-order valence-corrected chi connectivity index (χ3v) is 7.71. The molecule has 1 aromatic carbocycles. The molecule has 142 valence electrons. The van der Waals surface area contributed by atoms with E-state index in [0.717, 1.165) is 29.5 Å². The van der Waals surface area contributed by atoms with E-state index >= 15 is 0 Å². The van der Waals surface area contributed by atoms with Crippen LogP contribution in [0.3, 0.4) is 0 Å². The van der Waals surface area contributed by atoms with Gasteiger partial charge in [-0.25, -0.2) is 22.7 Å². The van der Waals surface area contributed by atoms with Gasteiger partial charge in [0.05, 0.1) is 23.1 Å². The summed E-state index contributed by atoms with van der Waals surface area (Å²) >= 11 is 1.71. The standard InChI is InChI=1S/C18H20N4O3S2/c1-22(2)27(23,24)11-7-8-14(25-3)13(9-11)21-17-16-12-5-4-6-15(12)26-18(16)20-10-19-17/h7-10H,4-6H2,1-3H3,(H,19,20,21). The van der Waals surface area contributed by atoms with Crippen LogP contribution in [0.1, 0.15) is 16.9 Å². The van der Waals surface area contributed by atoms with Gasteiger partial charge in [-0.2, -0.15) is 0 Å². The Hall–Kier alpha value is -2.23. The minimum Gasteiger partial charge on any atom is -0.495 e. The first-order chi connectivity index (χ1) is 12.9. The first-order valence-corrected chi connectivity index (χ1v) is 10.8. The Morgan fingerprint density at radius 3 is 2.78 bits per heavy atom. The summed E-state index contributed by atoms with van der Waals surface area (Å²) in [5.41, 5.74) is 1.85. The highest BCUT2D eigenvalue weighted by Gasteiger charge is 2.23. The molecule has 0 atom stereocenters. The number of hydrogen-bond acceptors (Lipinski definition) is 7. The molecule has 0 bridgehead atoms. The number of hydrogen-bond donors (Lipinski definition) is 1. The number of methoxy groups -OCH3 is 1. The first-order valence-electron chi connectivity index (χ1n) is 8.54. The summed E-state index contributed by atoms with van der Waals surface area (Å²) in [5, 5.41) is 4.31. The average molecular weight is 405 g/mol. The third kappa shape index (κ3) is 3.05. The highest BCUT2D eigenvalue weighted by molar-refractivity contribution is 7.89. The second-order valence-corrected chi connectivity index (χ2v) is 9.77. The lowest BCUT2D eigenvalue weighted by molar-refractivity contribution is 0.416. The molecule has 0 spiro atoms. The van der Waals surface area contributed by atoms with E-state index in [2.05, 4.69) is 15.3 Å². The zero-order valence-electron chi connectivity index (χ0n) is 15.3. The molecule has 7 nitrogen and oxygen atoms in total. The van der Waals surface area contributed by atoms with E-state index < -0.39 is 10.0 Å². The predicted molar refractivity (Wildman–Crippen MR) is 107 cm³/mol. The van der Waals surface area contributed by atoms with Crippen LogP contribution in [0.5, 0.6) is 5.75 Å². The van der Waals surface area contributed by atoms with E-state index in [-0.39, 0.29) is 4.90 Å². The number of nitrogens with zero attached hydrogens (tertiary/aromatic N) is 3. The Kier molecular flexibility index (Phi) is 4.53. The molecule has 2 aromatic heterocycles. The normalized spacial score (nSPS) is 13.9. The number of rotatable bonds is 5. The number of benzene rings is 1. The number of aryl methyl sites for hydroxylation is 2. The van der Waals surface area contributed by atoms with Gasteiger partial charge >= 0.3 is 0 Å². The van der Waals surface area contributed by atoms with Gasteiger partial charge < -0.3 is 10.1 Å². The topological polar surface area (TPSA) is 84.4 Å². The molecule has 1 aliphatic carbocycles. The number of ether oxygens (including phenoxy) is 1. The number of anilines is 2. The van der Waals surface area contributed by atoms with Gasteiger partial charge in [0.1, 0.15) is 22.7 Å². The molecule has 2 heterocycles. The molecule has 27 heavy (non-hydrogen) atoms. The van der Waals surface area contributed by atoms with Crippen molar-refractivity contribution in [1.82, 2.24) is 14.3 Å². The van der Waals surface area contributed by atoms with Gasteiger partial charge in [-0.15, -0.1) is 11.3 Å². The smallest absolute Gasteiger partial charge is 0.242 e. The summed E-state index contributed by atoms with van der Waals surface area (Å²) in [6.45, 7) is 0. The van der Waals surface area contributed by atoms with Crippen LogP contribution in [0.25, 0.3) is 10.2 Å². The number of fused-ring (bicyclic) bond motifs is 3. The maximum atomic E-state index is 12.5. The van der Waals surface area contributed by atoms with E-state index in [9.17, 15) is 8.42 Å². The summed E-state index contributed by atoms with van der Waals surface area (Å²) in [4.78, 5) is 11.3. The van der Waals surface area contributed by atoms with Gasteiger partial charge in [0.15, 0.2) is 0 Å². The van der Waals surface area contributed by atoms with Crippen LogP contribution in [-0.4, -0.2) is 43.9 Å². The fourth-order valence-electron chi connectivity index (χ4n) is 3.31. The molecule has 1 aliphatic rings. The van der Waals surface area contributed by atoms with Gasteiger partial charge in [-0.3, -0.25) is 0 Å². The fourth-order valence-corrected chi connectivity index (χ4v) is 5.46. The highest BCUT2D eigenvalue weighted by atomic mass is 32.2. The molecule has 0 fully saturated rings. The van der Waals surface area contributed by atoms with E-state index in [4.69, 9.17) is 4.74 Å². The molecule has 1 N–H and O–H groups in total. The highest BCUT2D eigenvalue weighted by Crippen LogP contribution is 2.40. The van der Waals surface area contributed by atoms with Crippen LogP contribution >= 0.6 is 11.3 Å². The van der Waals surface area contributed by atoms with Crippen LogP contribution < -0.4 is 10.1 Å². The third-order valence-electron chi connectivity index (χ3n) is 4.70. The number of sulfonamides is 1. The molecular formula is C18H20N4O3S2. The van der Waals surface area contributed by atoms with Crippen molar-refractivity contribution >= 4 is 43.1 Å². The van der Waals surface area contributed by atoms with E-state index in [0.29, 0.717) is 17.3 Å². The van der Waals surface area contributed by atoms with Gasteiger partial charge in [0.25, 0.3) is 0 Å². The minimum absolute atomic E-state index is 0.191. The van der Waals surface area contributed by atoms with Gasteiger partial charge in [0.2, 0.25) is 10.0 Å². The predicted octanol–water partition coefficient (Wildman–Crippen LogP) is 3.18. The van der Waals surface area contributed by atoms with Crippen molar-refractivity contribution in [2.75, 3.05) is 26.5 Å². The van der Waals surface area contributed by atoms with E-state index in [1.807, 2.05) is 0 Å². The maximum absolute atomic E-state index is 12.5. The Labute approximate surface area is 162 Å². The first kappa shape index (κ1) is 18.1. The molecule has 0 aliphatic heterocycles.